The van der Waals surface area contributed by atoms with E-state index in [4.69, 9.17) is 4.74 Å². The second-order valence-electron chi connectivity index (χ2n) is 9.77. The summed E-state index contributed by atoms with van der Waals surface area (Å²) in [5.41, 5.74) is 3.11. The Morgan fingerprint density at radius 1 is 1.14 bits per heavy atom. The zero-order chi connectivity index (χ0) is 29.8. The molecule has 2 amide bonds. The summed E-state index contributed by atoms with van der Waals surface area (Å²) in [5, 5.41) is 14.6. The lowest BCUT2D eigenvalue weighted by Crippen LogP contribution is -2.26. The molecule has 0 fully saturated rings. The number of hydrogen-bond acceptors (Lipinski definition) is 8. The highest BCUT2D eigenvalue weighted by atomic mass is 32.2. The smallest absolute Gasteiger partial charge is 0.341 e. The molecule has 5 rings (SSSR count). The molecule has 1 aliphatic rings. The third-order valence-corrected chi connectivity index (χ3v) is 9.02. The van der Waals surface area contributed by atoms with Crippen LogP contribution in [0.2, 0.25) is 0 Å². The van der Waals surface area contributed by atoms with Gasteiger partial charge in [-0.2, -0.15) is 0 Å². The van der Waals surface area contributed by atoms with Crippen molar-refractivity contribution in [2.75, 3.05) is 11.9 Å². The topological polar surface area (TPSA) is 115 Å². The number of aryl methyl sites for hydroxylation is 2. The lowest BCUT2D eigenvalue weighted by Gasteiger charge is -2.15. The molecule has 0 saturated heterocycles. The van der Waals surface area contributed by atoms with Crippen molar-refractivity contribution < 1.29 is 23.5 Å². The molecule has 2 N–H and O–H groups in total. The van der Waals surface area contributed by atoms with Crippen LogP contribution in [0.15, 0.2) is 53.7 Å². The molecule has 0 radical (unpaired) electrons. The number of thioether (sulfide) groups is 1. The average Bonchev–Trinajstić information content (AvgIpc) is 3.66. The van der Waals surface area contributed by atoms with Crippen LogP contribution in [0.1, 0.15) is 62.8 Å². The van der Waals surface area contributed by atoms with Crippen molar-refractivity contribution >= 4 is 45.9 Å². The molecule has 1 atom stereocenters. The van der Waals surface area contributed by atoms with E-state index in [1.165, 1.54) is 41.3 Å². The summed E-state index contributed by atoms with van der Waals surface area (Å²) in [6.07, 6.45) is 2.64. The number of esters is 1. The molecule has 0 saturated carbocycles. The van der Waals surface area contributed by atoms with Gasteiger partial charge in [-0.15, -0.1) is 21.5 Å². The van der Waals surface area contributed by atoms with Gasteiger partial charge < -0.3 is 15.4 Å². The minimum atomic E-state index is -0.617. The third-order valence-electron chi connectivity index (χ3n) is 6.77. The molecule has 12 heteroatoms. The Bertz CT molecular complexity index is 1650. The standard InChI is InChI=1S/C30H30FN5O4S2/c1-4-40-29(39)25-21-12-8-14-23(21)42-28(25)33-26(37)18(3)41-30-35-34-24(36(30)19-10-7-9-17(2)15-19)16-32-27(38)20-11-5-6-13-22(20)31/h5-7,9-11,13,15,18H,4,8,12,14,16H2,1-3H3,(H,32,38)(H,33,37)/t18-/m1/s1. The fraction of sp³-hybridized carbons (Fsp3) is 0.300. The quantitative estimate of drug-likeness (QED) is 0.181. The second-order valence-corrected chi connectivity index (χ2v) is 12.2. The van der Waals surface area contributed by atoms with Crippen LogP contribution in [-0.2, 0) is 28.9 Å². The number of thiophene rings is 1. The first kappa shape index (κ1) is 29.5. The Morgan fingerprint density at radius 2 is 1.95 bits per heavy atom. The minimum absolute atomic E-state index is 0.0150. The number of halogens is 1. The van der Waals surface area contributed by atoms with E-state index < -0.39 is 22.9 Å². The Hall–Kier alpha value is -4.03. The number of carbonyl (C=O) groups is 3. The largest absolute Gasteiger partial charge is 0.462 e. The van der Waals surface area contributed by atoms with Gasteiger partial charge in [-0.1, -0.05) is 36.0 Å². The van der Waals surface area contributed by atoms with Crippen molar-refractivity contribution in [3.63, 3.8) is 0 Å². The number of nitrogens with one attached hydrogen (secondary N) is 2. The van der Waals surface area contributed by atoms with E-state index >= 15 is 0 Å². The Morgan fingerprint density at radius 3 is 2.71 bits per heavy atom. The fourth-order valence-corrected chi connectivity index (χ4v) is 6.92. The van der Waals surface area contributed by atoms with Crippen LogP contribution in [0.5, 0.6) is 0 Å². The highest BCUT2D eigenvalue weighted by molar-refractivity contribution is 8.00. The monoisotopic (exact) mass is 607 g/mol. The Balaban J connectivity index is 1.37. The van der Waals surface area contributed by atoms with Crippen LogP contribution in [0, 0.1) is 12.7 Å². The maximum absolute atomic E-state index is 14.1. The van der Waals surface area contributed by atoms with Crippen molar-refractivity contribution in [3.8, 4) is 5.69 Å². The number of nitrogens with zero attached hydrogens (tertiary/aromatic N) is 3. The molecule has 0 spiro atoms. The molecule has 2 heterocycles. The summed E-state index contributed by atoms with van der Waals surface area (Å²) in [5.74, 6) is -1.49. The lowest BCUT2D eigenvalue weighted by molar-refractivity contribution is -0.115. The molecule has 0 aliphatic heterocycles. The normalized spacial score (nSPS) is 13.0. The molecule has 42 heavy (non-hydrogen) atoms. The van der Waals surface area contributed by atoms with E-state index in [0.29, 0.717) is 21.5 Å². The summed E-state index contributed by atoms with van der Waals surface area (Å²) >= 11 is 2.63. The third kappa shape index (κ3) is 6.24. The summed E-state index contributed by atoms with van der Waals surface area (Å²) < 4.78 is 21.2. The summed E-state index contributed by atoms with van der Waals surface area (Å²) in [6, 6.07) is 13.4. The van der Waals surface area contributed by atoms with Gasteiger partial charge in [0, 0.05) is 10.6 Å². The van der Waals surface area contributed by atoms with E-state index in [2.05, 4.69) is 20.8 Å². The van der Waals surface area contributed by atoms with Crippen molar-refractivity contribution in [2.45, 2.75) is 57.0 Å². The number of benzene rings is 2. The van der Waals surface area contributed by atoms with E-state index in [-0.39, 0.29) is 24.6 Å². The number of ether oxygens (including phenoxy) is 1. The SMILES string of the molecule is CCOC(=O)c1c(NC(=O)[C@@H](C)Sc2nnc(CNC(=O)c3ccccc3F)n2-c2cccc(C)c2)sc2c1CCC2. The highest BCUT2D eigenvalue weighted by Crippen LogP contribution is 2.40. The van der Waals surface area contributed by atoms with Crippen LogP contribution < -0.4 is 10.6 Å². The number of rotatable bonds is 10. The van der Waals surface area contributed by atoms with Gasteiger partial charge in [-0.25, -0.2) is 9.18 Å². The number of amides is 2. The van der Waals surface area contributed by atoms with Crippen LogP contribution in [0.3, 0.4) is 0 Å². The number of carbonyl (C=O) groups excluding carboxylic acids is 3. The zero-order valence-corrected chi connectivity index (χ0v) is 25.0. The van der Waals surface area contributed by atoms with Gasteiger partial charge in [0.2, 0.25) is 5.91 Å². The summed E-state index contributed by atoms with van der Waals surface area (Å²) in [4.78, 5) is 39.9. The minimum Gasteiger partial charge on any atom is -0.462 e. The average molecular weight is 608 g/mol. The first-order valence-electron chi connectivity index (χ1n) is 13.6. The highest BCUT2D eigenvalue weighted by Gasteiger charge is 2.30. The summed E-state index contributed by atoms with van der Waals surface area (Å²) in [7, 11) is 0. The van der Waals surface area contributed by atoms with Gasteiger partial charge in [0.15, 0.2) is 11.0 Å². The Labute approximate surface area is 250 Å². The molecular formula is C30H30FN5O4S2. The van der Waals surface area contributed by atoms with Crippen LogP contribution in [-0.4, -0.2) is 44.4 Å². The molecule has 2 aromatic carbocycles. The van der Waals surface area contributed by atoms with Crippen LogP contribution >= 0.6 is 23.1 Å². The molecule has 9 nitrogen and oxygen atoms in total. The van der Waals surface area contributed by atoms with E-state index in [1.54, 1.807) is 24.5 Å². The van der Waals surface area contributed by atoms with Crippen molar-refractivity contribution in [1.82, 2.24) is 20.1 Å². The molecule has 0 unspecified atom stereocenters. The summed E-state index contributed by atoms with van der Waals surface area (Å²) in [6.45, 7) is 5.70. The van der Waals surface area contributed by atoms with Gasteiger partial charge in [0.25, 0.3) is 5.91 Å². The predicted molar refractivity (Wildman–Crippen MR) is 160 cm³/mol. The maximum atomic E-state index is 14.1. The molecule has 0 bridgehead atoms. The van der Waals surface area contributed by atoms with E-state index in [0.717, 1.165) is 41.0 Å². The molecule has 218 valence electrons. The molecule has 4 aromatic rings. The first-order chi connectivity index (χ1) is 20.3. The first-order valence-corrected chi connectivity index (χ1v) is 15.3. The van der Waals surface area contributed by atoms with Gasteiger partial charge in [-0.3, -0.25) is 14.2 Å². The van der Waals surface area contributed by atoms with Crippen molar-refractivity contribution in [3.05, 3.63) is 87.3 Å². The van der Waals surface area contributed by atoms with Crippen LogP contribution in [0.25, 0.3) is 5.69 Å². The number of anilines is 1. The number of aromatic nitrogens is 3. The Kier molecular flexibility index (Phi) is 9.03. The van der Waals surface area contributed by atoms with Gasteiger partial charge in [0.1, 0.15) is 10.8 Å². The van der Waals surface area contributed by atoms with Gasteiger partial charge in [0.05, 0.1) is 29.5 Å². The number of hydrogen-bond donors (Lipinski definition) is 2. The van der Waals surface area contributed by atoms with Gasteiger partial charge >= 0.3 is 5.97 Å². The zero-order valence-electron chi connectivity index (χ0n) is 23.4. The second kappa shape index (κ2) is 12.9. The fourth-order valence-electron chi connectivity index (χ4n) is 4.75. The van der Waals surface area contributed by atoms with Gasteiger partial charge in [-0.05, 0) is 75.4 Å². The molecular weight excluding hydrogens is 577 g/mol. The van der Waals surface area contributed by atoms with Crippen molar-refractivity contribution in [1.29, 1.82) is 0 Å². The van der Waals surface area contributed by atoms with Crippen LogP contribution in [0.4, 0.5) is 9.39 Å². The predicted octanol–water partition coefficient (Wildman–Crippen LogP) is 5.49. The molecule has 2 aromatic heterocycles. The number of fused-ring (bicyclic) bond motifs is 1. The maximum Gasteiger partial charge on any atom is 0.341 e. The lowest BCUT2D eigenvalue weighted by atomic mass is 10.1. The molecule has 1 aliphatic carbocycles. The van der Waals surface area contributed by atoms with E-state index in [1.807, 2.05) is 31.2 Å². The van der Waals surface area contributed by atoms with Crippen molar-refractivity contribution in [2.24, 2.45) is 0 Å². The van der Waals surface area contributed by atoms with E-state index in [9.17, 15) is 18.8 Å².